The van der Waals surface area contributed by atoms with Crippen molar-refractivity contribution >= 4 is 11.9 Å². The molecular weight excluding hydrogens is 310 g/mol. The molecule has 0 bridgehead atoms. The normalized spacial score (nSPS) is 16.6. The molecule has 3 amide bonds. The predicted octanol–water partition coefficient (Wildman–Crippen LogP) is 1.22. The largest absolute Gasteiger partial charge is 0.508 e. The van der Waals surface area contributed by atoms with Gasteiger partial charge in [0.15, 0.2) is 0 Å². The molecule has 2 rings (SSSR count). The summed E-state index contributed by atoms with van der Waals surface area (Å²) in [4.78, 5) is 24.9. The van der Waals surface area contributed by atoms with Gasteiger partial charge in [-0.1, -0.05) is 18.2 Å². The van der Waals surface area contributed by atoms with Crippen molar-refractivity contribution in [2.24, 2.45) is 0 Å². The zero-order chi connectivity index (χ0) is 17.4. The minimum absolute atomic E-state index is 0.0250. The Morgan fingerprint density at radius 3 is 2.71 bits per heavy atom. The van der Waals surface area contributed by atoms with Crippen molar-refractivity contribution in [3.05, 3.63) is 29.8 Å². The average Bonchev–Trinajstić information content (AvgIpc) is 3.05. The van der Waals surface area contributed by atoms with Crippen molar-refractivity contribution in [1.29, 1.82) is 0 Å². The molecule has 0 saturated carbocycles. The van der Waals surface area contributed by atoms with E-state index in [1.165, 1.54) is 6.92 Å². The fourth-order valence-corrected chi connectivity index (χ4v) is 2.62. The number of hydrogen-bond acceptors (Lipinski definition) is 4. The van der Waals surface area contributed by atoms with Gasteiger partial charge in [-0.2, -0.15) is 0 Å². The Hall–Kier alpha value is -2.28. The van der Waals surface area contributed by atoms with Crippen molar-refractivity contribution < 1.29 is 19.4 Å². The summed E-state index contributed by atoms with van der Waals surface area (Å²) in [6, 6.07) is 6.74. The summed E-state index contributed by atoms with van der Waals surface area (Å²) in [7, 11) is 0. The standard InChI is InChI=1S/C17H25N3O4/c1-13(21)18-8-9-19-17(23)20(12-15-6-4-10-24-15)11-14-5-2-3-7-16(14)22/h2-3,5,7,15,22H,4,6,8-12H2,1H3,(H,18,21)(H,19,23). The van der Waals surface area contributed by atoms with Gasteiger partial charge < -0.3 is 25.4 Å². The molecule has 24 heavy (non-hydrogen) atoms. The number of urea groups is 1. The first-order chi connectivity index (χ1) is 11.6. The Balaban J connectivity index is 1.94. The molecule has 1 aliphatic rings. The van der Waals surface area contributed by atoms with Crippen molar-refractivity contribution in [2.75, 3.05) is 26.2 Å². The van der Waals surface area contributed by atoms with Crippen molar-refractivity contribution in [3.63, 3.8) is 0 Å². The summed E-state index contributed by atoms with van der Waals surface area (Å²) in [5, 5.41) is 15.4. The molecule has 0 aromatic heterocycles. The number of benzene rings is 1. The number of carbonyl (C=O) groups excluding carboxylic acids is 2. The molecule has 1 aliphatic heterocycles. The molecule has 1 fully saturated rings. The average molecular weight is 335 g/mol. The summed E-state index contributed by atoms with van der Waals surface area (Å²) >= 11 is 0. The van der Waals surface area contributed by atoms with Crippen LogP contribution in [0.3, 0.4) is 0 Å². The molecule has 132 valence electrons. The lowest BCUT2D eigenvalue weighted by Gasteiger charge is -2.26. The Labute approximate surface area is 142 Å². The van der Waals surface area contributed by atoms with E-state index >= 15 is 0 Å². The predicted molar refractivity (Wildman–Crippen MR) is 89.6 cm³/mol. The maximum Gasteiger partial charge on any atom is 0.317 e. The fourth-order valence-electron chi connectivity index (χ4n) is 2.62. The Morgan fingerprint density at radius 1 is 1.29 bits per heavy atom. The number of nitrogens with one attached hydrogen (secondary N) is 2. The highest BCUT2D eigenvalue weighted by molar-refractivity contribution is 5.75. The van der Waals surface area contributed by atoms with Gasteiger partial charge in [0.25, 0.3) is 0 Å². The summed E-state index contributed by atoms with van der Waals surface area (Å²) in [6.45, 7) is 3.66. The van der Waals surface area contributed by atoms with Crippen molar-refractivity contribution in [3.8, 4) is 5.75 Å². The van der Waals surface area contributed by atoms with E-state index < -0.39 is 0 Å². The second-order valence-corrected chi connectivity index (χ2v) is 5.86. The van der Waals surface area contributed by atoms with E-state index in [0.717, 1.165) is 19.4 Å². The third-order valence-electron chi connectivity index (χ3n) is 3.86. The van der Waals surface area contributed by atoms with Crippen molar-refractivity contribution in [2.45, 2.75) is 32.4 Å². The molecular formula is C17H25N3O4. The zero-order valence-corrected chi connectivity index (χ0v) is 14.0. The van der Waals surface area contributed by atoms with E-state index in [2.05, 4.69) is 10.6 Å². The molecule has 1 heterocycles. The van der Waals surface area contributed by atoms with Crippen LogP contribution in [0.5, 0.6) is 5.75 Å². The zero-order valence-electron chi connectivity index (χ0n) is 14.0. The maximum absolute atomic E-state index is 12.5. The third kappa shape index (κ3) is 5.73. The Bertz CT molecular complexity index is 559. The molecule has 7 nitrogen and oxygen atoms in total. The van der Waals surface area contributed by atoms with Crippen LogP contribution in [0.15, 0.2) is 24.3 Å². The summed E-state index contributed by atoms with van der Waals surface area (Å²) in [5.74, 6) is 0.0376. The number of aromatic hydroxyl groups is 1. The van der Waals surface area contributed by atoms with Gasteiger partial charge in [-0.25, -0.2) is 4.79 Å². The lowest BCUT2D eigenvalue weighted by atomic mass is 10.1. The fraction of sp³-hybridized carbons (Fsp3) is 0.529. The van der Waals surface area contributed by atoms with E-state index in [-0.39, 0.29) is 23.8 Å². The van der Waals surface area contributed by atoms with Gasteiger partial charge in [-0.05, 0) is 18.9 Å². The second-order valence-electron chi connectivity index (χ2n) is 5.86. The minimum atomic E-state index is -0.237. The molecule has 0 radical (unpaired) electrons. The van der Waals surface area contributed by atoms with Crippen LogP contribution in [-0.2, 0) is 16.1 Å². The number of phenolic OH excluding ortho intramolecular Hbond substituents is 1. The van der Waals surface area contributed by atoms with E-state index in [1.54, 1.807) is 23.1 Å². The molecule has 0 spiro atoms. The molecule has 7 heteroatoms. The van der Waals surface area contributed by atoms with Gasteiger partial charge in [-0.15, -0.1) is 0 Å². The Morgan fingerprint density at radius 2 is 2.04 bits per heavy atom. The molecule has 1 aromatic rings. The highest BCUT2D eigenvalue weighted by atomic mass is 16.5. The van der Waals surface area contributed by atoms with Gasteiger partial charge in [0.05, 0.1) is 12.6 Å². The highest BCUT2D eigenvalue weighted by Crippen LogP contribution is 2.20. The van der Waals surface area contributed by atoms with Crippen LogP contribution in [0.25, 0.3) is 0 Å². The summed E-state index contributed by atoms with van der Waals surface area (Å²) in [5.41, 5.74) is 0.688. The third-order valence-corrected chi connectivity index (χ3v) is 3.86. The van der Waals surface area contributed by atoms with E-state index in [1.807, 2.05) is 6.07 Å². The summed E-state index contributed by atoms with van der Waals surface area (Å²) in [6.07, 6.45) is 1.95. The van der Waals surface area contributed by atoms with Crippen LogP contribution >= 0.6 is 0 Å². The quantitative estimate of drug-likeness (QED) is 0.654. The smallest absolute Gasteiger partial charge is 0.317 e. The van der Waals surface area contributed by atoms with Gasteiger partial charge in [0.2, 0.25) is 5.91 Å². The van der Waals surface area contributed by atoms with Gasteiger partial charge >= 0.3 is 6.03 Å². The van der Waals surface area contributed by atoms with Gasteiger partial charge in [0, 0.05) is 38.7 Å². The monoisotopic (exact) mass is 335 g/mol. The topological polar surface area (TPSA) is 90.9 Å². The molecule has 3 N–H and O–H groups in total. The first-order valence-electron chi connectivity index (χ1n) is 8.22. The number of rotatable bonds is 7. The SMILES string of the molecule is CC(=O)NCCNC(=O)N(Cc1ccccc1O)CC1CCCO1. The van der Waals surface area contributed by atoms with Crippen LogP contribution in [0.4, 0.5) is 4.79 Å². The molecule has 1 unspecified atom stereocenters. The number of carbonyl (C=O) groups is 2. The van der Waals surface area contributed by atoms with Crippen LogP contribution in [0.1, 0.15) is 25.3 Å². The summed E-state index contributed by atoms with van der Waals surface area (Å²) < 4.78 is 5.62. The molecule has 1 atom stereocenters. The van der Waals surface area contributed by atoms with E-state index in [0.29, 0.717) is 31.7 Å². The minimum Gasteiger partial charge on any atom is -0.508 e. The number of phenols is 1. The number of ether oxygens (including phenoxy) is 1. The molecule has 1 saturated heterocycles. The first kappa shape index (κ1) is 18.1. The number of amides is 3. The lowest BCUT2D eigenvalue weighted by Crippen LogP contribution is -2.45. The molecule has 1 aromatic carbocycles. The van der Waals surface area contributed by atoms with Crippen LogP contribution in [0, 0.1) is 0 Å². The highest BCUT2D eigenvalue weighted by Gasteiger charge is 2.23. The number of nitrogens with zero attached hydrogens (tertiary/aromatic N) is 1. The second kappa shape index (κ2) is 9.12. The van der Waals surface area contributed by atoms with Crippen LogP contribution in [-0.4, -0.2) is 54.3 Å². The van der Waals surface area contributed by atoms with Gasteiger partial charge in [-0.3, -0.25) is 4.79 Å². The number of para-hydroxylation sites is 1. The van der Waals surface area contributed by atoms with Crippen molar-refractivity contribution in [1.82, 2.24) is 15.5 Å². The van der Waals surface area contributed by atoms with Crippen LogP contribution in [0.2, 0.25) is 0 Å². The van der Waals surface area contributed by atoms with E-state index in [9.17, 15) is 14.7 Å². The van der Waals surface area contributed by atoms with E-state index in [4.69, 9.17) is 4.74 Å². The van der Waals surface area contributed by atoms with Gasteiger partial charge in [0.1, 0.15) is 5.75 Å². The lowest BCUT2D eigenvalue weighted by molar-refractivity contribution is -0.118. The first-order valence-corrected chi connectivity index (χ1v) is 8.22. The van der Waals surface area contributed by atoms with Crippen LogP contribution < -0.4 is 10.6 Å². The maximum atomic E-state index is 12.5. The Kier molecular flexibility index (Phi) is 6.87. The number of hydrogen-bond donors (Lipinski definition) is 3. The molecule has 0 aliphatic carbocycles.